The van der Waals surface area contributed by atoms with Crippen LogP contribution < -0.4 is 4.74 Å². The highest BCUT2D eigenvalue weighted by molar-refractivity contribution is 5.85. The summed E-state index contributed by atoms with van der Waals surface area (Å²) < 4.78 is 5.60. The molecule has 1 N–H and O–H groups in total. The minimum absolute atomic E-state index is 0.116. The van der Waals surface area contributed by atoms with Crippen LogP contribution in [0, 0.1) is 5.92 Å². The number of rotatable bonds is 4. The molecule has 118 valence electrons. The maximum absolute atomic E-state index is 12.8. The van der Waals surface area contributed by atoms with E-state index >= 15 is 0 Å². The van der Waals surface area contributed by atoms with Gasteiger partial charge in [0.1, 0.15) is 18.3 Å². The zero-order valence-corrected chi connectivity index (χ0v) is 12.5. The Kier molecular flexibility index (Phi) is 4.32. The number of carboxylic acids is 1. The molecule has 0 radical (unpaired) electrons. The quantitative estimate of drug-likeness (QED) is 0.926. The average Bonchev–Trinajstić information content (AvgIpc) is 2.96. The second kappa shape index (κ2) is 6.38. The Morgan fingerprint density at radius 2 is 2.14 bits per heavy atom. The Bertz CT molecular complexity index is 572. The van der Waals surface area contributed by atoms with Crippen molar-refractivity contribution in [2.24, 2.45) is 5.92 Å². The average molecular weight is 303 g/mol. The standard InChI is InChI=1S/C17H21NO4/c19-16(20)8-7-12-4-3-9-18(10-12)17(21)14-11-22-15-6-2-1-5-13(14)15/h1-2,5-6,12,14H,3-4,7-11H2,(H,19,20)/t12-,14+/m1/s1. The first kappa shape index (κ1) is 14.9. The fraction of sp³-hybridized carbons (Fsp3) is 0.529. The molecule has 5 nitrogen and oxygen atoms in total. The van der Waals surface area contributed by atoms with Gasteiger partial charge in [-0.15, -0.1) is 0 Å². The lowest BCUT2D eigenvalue weighted by molar-refractivity contribution is -0.137. The lowest BCUT2D eigenvalue weighted by Gasteiger charge is -2.34. The Morgan fingerprint density at radius 1 is 1.32 bits per heavy atom. The van der Waals surface area contributed by atoms with E-state index in [-0.39, 0.29) is 18.2 Å². The van der Waals surface area contributed by atoms with Crippen molar-refractivity contribution < 1.29 is 19.4 Å². The van der Waals surface area contributed by atoms with E-state index in [9.17, 15) is 9.59 Å². The molecule has 0 spiro atoms. The molecule has 2 aliphatic rings. The number of carboxylic acid groups (broad SMARTS) is 1. The van der Waals surface area contributed by atoms with Crippen LogP contribution in [0.1, 0.15) is 37.2 Å². The van der Waals surface area contributed by atoms with Gasteiger partial charge in [-0.1, -0.05) is 18.2 Å². The lowest BCUT2D eigenvalue weighted by atomic mass is 9.91. The smallest absolute Gasteiger partial charge is 0.303 e. The number of piperidine rings is 1. The van der Waals surface area contributed by atoms with Crippen molar-refractivity contribution in [2.75, 3.05) is 19.7 Å². The predicted molar refractivity (Wildman–Crippen MR) is 80.9 cm³/mol. The van der Waals surface area contributed by atoms with Crippen LogP contribution in [0.4, 0.5) is 0 Å². The molecular formula is C17H21NO4. The van der Waals surface area contributed by atoms with E-state index in [0.717, 1.165) is 30.7 Å². The topological polar surface area (TPSA) is 66.8 Å². The number of likely N-dealkylation sites (tertiary alicyclic amines) is 1. The number of aliphatic carboxylic acids is 1. The fourth-order valence-corrected chi connectivity index (χ4v) is 3.42. The minimum Gasteiger partial charge on any atom is -0.492 e. The molecule has 2 aliphatic heterocycles. The largest absolute Gasteiger partial charge is 0.492 e. The van der Waals surface area contributed by atoms with Crippen LogP contribution in [-0.2, 0) is 9.59 Å². The summed E-state index contributed by atoms with van der Waals surface area (Å²) in [5.74, 6) is 0.243. The van der Waals surface area contributed by atoms with Gasteiger partial charge in [0.25, 0.3) is 0 Å². The van der Waals surface area contributed by atoms with Gasteiger partial charge < -0.3 is 14.7 Å². The highest BCUT2D eigenvalue weighted by atomic mass is 16.5. The summed E-state index contributed by atoms with van der Waals surface area (Å²) >= 11 is 0. The van der Waals surface area contributed by atoms with E-state index in [0.29, 0.717) is 25.5 Å². The van der Waals surface area contributed by atoms with Crippen molar-refractivity contribution in [1.29, 1.82) is 0 Å². The van der Waals surface area contributed by atoms with Gasteiger partial charge in [0.2, 0.25) is 5.91 Å². The Morgan fingerprint density at radius 3 is 2.95 bits per heavy atom. The molecule has 1 fully saturated rings. The summed E-state index contributed by atoms with van der Waals surface area (Å²) in [5.41, 5.74) is 0.972. The van der Waals surface area contributed by atoms with Crippen molar-refractivity contribution in [3.8, 4) is 5.75 Å². The third kappa shape index (κ3) is 3.08. The highest BCUT2D eigenvalue weighted by Crippen LogP contribution is 2.35. The van der Waals surface area contributed by atoms with E-state index in [1.54, 1.807) is 0 Å². The molecular weight excluding hydrogens is 282 g/mol. The molecule has 3 rings (SSSR count). The van der Waals surface area contributed by atoms with Gasteiger partial charge in [-0.3, -0.25) is 9.59 Å². The van der Waals surface area contributed by atoms with Crippen LogP contribution >= 0.6 is 0 Å². The summed E-state index contributed by atoms with van der Waals surface area (Å²) in [6, 6.07) is 7.69. The number of benzene rings is 1. The zero-order valence-electron chi connectivity index (χ0n) is 12.5. The van der Waals surface area contributed by atoms with Gasteiger partial charge in [-0.05, 0) is 31.2 Å². The molecule has 1 saturated heterocycles. The first-order chi connectivity index (χ1) is 10.6. The number of ether oxygens (including phenoxy) is 1. The van der Waals surface area contributed by atoms with E-state index in [2.05, 4.69) is 0 Å². The zero-order chi connectivity index (χ0) is 15.5. The van der Waals surface area contributed by atoms with Gasteiger partial charge >= 0.3 is 5.97 Å². The molecule has 0 aromatic heterocycles. The first-order valence-electron chi connectivity index (χ1n) is 7.87. The lowest BCUT2D eigenvalue weighted by Crippen LogP contribution is -2.42. The second-order valence-electron chi connectivity index (χ2n) is 6.13. The normalized spacial score (nSPS) is 23.7. The van der Waals surface area contributed by atoms with Crippen LogP contribution in [0.15, 0.2) is 24.3 Å². The molecule has 5 heteroatoms. The van der Waals surface area contributed by atoms with Crippen molar-refractivity contribution in [3.63, 3.8) is 0 Å². The maximum Gasteiger partial charge on any atom is 0.303 e. The van der Waals surface area contributed by atoms with Crippen LogP contribution in [-0.4, -0.2) is 41.6 Å². The Labute approximate surface area is 129 Å². The van der Waals surface area contributed by atoms with E-state index < -0.39 is 5.97 Å². The summed E-state index contributed by atoms with van der Waals surface area (Å²) in [7, 11) is 0. The van der Waals surface area contributed by atoms with Crippen molar-refractivity contribution in [2.45, 2.75) is 31.6 Å². The Hall–Kier alpha value is -2.04. The van der Waals surface area contributed by atoms with Crippen molar-refractivity contribution in [3.05, 3.63) is 29.8 Å². The minimum atomic E-state index is -0.762. The summed E-state index contributed by atoms with van der Waals surface area (Å²) in [5, 5.41) is 8.80. The number of hydrogen-bond acceptors (Lipinski definition) is 3. The maximum atomic E-state index is 12.8. The van der Waals surface area contributed by atoms with Gasteiger partial charge in [-0.25, -0.2) is 0 Å². The number of hydrogen-bond donors (Lipinski definition) is 1. The first-order valence-corrected chi connectivity index (χ1v) is 7.87. The highest BCUT2D eigenvalue weighted by Gasteiger charge is 2.35. The summed E-state index contributed by atoms with van der Waals surface area (Å²) in [6.45, 7) is 1.85. The SMILES string of the molecule is O=C(O)CC[C@H]1CCCN(C(=O)[C@H]2COc3ccccc32)C1. The number of carbonyl (C=O) groups is 2. The van der Waals surface area contributed by atoms with Gasteiger partial charge in [-0.2, -0.15) is 0 Å². The third-order valence-corrected chi connectivity index (χ3v) is 4.60. The Balaban J connectivity index is 1.64. The van der Waals surface area contributed by atoms with Gasteiger partial charge in [0.15, 0.2) is 0 Å². The molecule has 0 aliphatic carbocycles. The van der Waals surface area contributed by atoms with E-state index in [1.807, 2.05) is 29.2 Å². The fourth-order valence-electron chi connectivity index (χ4n) is 3.42. The van der Waals surface area contributed by atoms with Crippen LogP contribution in [0.25, 0.3) is 0 Å². The van der Waals surface area contributed by atoms with E-state index in [4.69, 9.17) is 9.84 Å². The summed E-state index contributed by atoms with van der Waals surface area (Å²) in [4.78, 5) is 25.4. The monoisotopic (exact) mass is 303 g/mol. The third-order valence-electron chi connectivity index (χ3n) is 4.60. The van der Waals surface area contributed by atoms with Gasteiger partial charge in [0, 0.05) is 25.1 Å². The molecule has 1 aromatic carbocycles. The van der Waals surface area contributed by atoms with Crippen LogP contribution in [0.3, 0.4) is 0 Å². The molecule has 1 aromatic rings. The molecule has 0 saturated carbocycles. The van der Waals surface area contributed by atoms with Crippen LogP contribution in [0.5, 0.6) is 5.75 Å². The number of nitrogens with zero attached hydrogens (tertiary/aromatic N) is 1. The van der Waals surface area contributed by atoms with Gasteiger partial charge in [0.05, 0.1) is 0 Å². The summed E-state index contributed by atoms with van der Waals surface area (Å²) in [6.07, 6.45) is 2.79. The number of fused-ring (bicyclic) bond motifs is 1. The number of amides is 1. The number of para-hydroxylation sites is 1. The molecule has 1 amide bonds. The molecule has 22 heavy (non-hydrogen) atoms. The number of carbonyl (C=O) groups excluding carboxylic acids is 1. The van der Waals surface area contributed by atoms with Crippen molar-refractivity contribution in [1.82, 2.24) is 4.90 Å². The molecule has 0 unspecified atom stereocenters. The predicted octanol–water partition coefficient (Wildman–Crippen LogP) is 2.27. The molecule has 0 bridgehead atoms. The second-order valence-corrected chi connectivity index (χ2v) is 6.13. The van der Waals surface area contributed by atoms with E-state index in [1.165, 1.54) is 0 Å². The van der Waals surface area contributed by atoms with Crippen LogP contribution in [0.2, 0.25) is 0 Å². The molecule has 2 atom stereocenters. The molecule has 2 heterocycles. The van der Waals surface area contributed by atoms with Crippen molar-refractivity contribution >= 4 is 11.9 Å².